The van der Waals surface area contributed by atoms with E-state index >= 15 is 0 Å². The van der Waals surface area contributed by atoms with E-state index in [1.54, 1.807) is 0 Å². The molecule has 0 amide bonds. The number of carboxylic acids is 1. The highest BCUT2D eigenvalue weighted by Gasteiger charge is 2.25. The van der Waals surface area contributed by atoms with Gasteiger partial charge in [-0.1, -0.05) is 303 Å². The standard InChI is InChI=1S/C78H135NO8/c1-6-8-10-12-14-16-18-20-22-24-26-28-30-32-34-36-38-40-42-44-46-48-50-52-54-56-58-60-62-64-66-68-75(80)85-72-74(73-86-78(77(82)83)84-71-70-79(3,4)5)87-76(81)69-67-65-63-61-59-57-55-53-51-49-47-45-43-41-39-37-35-33-31-29-27-25-23-21-19-17-15-13-11-9-7-2/h9,11,15,17-18,20-21,23-24,26-27,29,33,35,39,41,45,47,74,78H,6-8,10,12-14,16,19,22,25,28,30-32,34,36-38,40,42-44,46,48-73H2,1-5H3/p+1/b11-9-,17-15-,20-18-,23-21-,26-24-,29-27-,35-33-,41-39-,47-45-. The van der Waals surface area contributed by atoms with Crippen LogP contribution in [0.4, 0.5) is 0 Å². The van der Waals surface area contributed by atoms with E-state index in [1.165, 1.54) is 180 Å². The Labute approximate surface area is 536 Å². The number of hydrogen-bond acceptors (Lipinski definition) is 7. The number of unbranched alkanes of at least 4 members (excludes halogenated alkanes) is 33. The number of esters is 2. The molecular formula is C78H136NO8+. The summed E-state index contributed by atoms with van der Waals surface area (Å²) in [7, 11) is 5.98. The molecule has 9 nitrogen and oxygen atoms in total. The number of carbonyl (C=O) groups is 3. The molecule has 0 fully saturated rings. The second-order valence-electron chi connectivity index (χ2n) is 25.2. The second kappa shape index (κ2) is 67.9. The van der Waals surface area contributed by atoms with Gasteiger partial charge in [0, 0.05) is 12.8 Å². The highest BCUT2D eigenvalue weighted by atomic mass is 16.7. The van der Waals surface area contributed by atoms with Crippen molar-refractivity contribution in [1.29, 1.82) is 0 Å². The highest BCUT2D eigenvalue weighted by Crippen LogP contribution is 2.17. The van der Waals surface area contributed by atoms with Gasteiger partial charge in [0.05, 0.1) is 34.4 Å². The molecule has 2 atom stereocenters. The van der Waals surface area contributed by atoms with Crippen LogP contribution < -0.4 is 0 Å². The zero-order chi connectivity index (χ0) is 63.3. The topological polar surface area (TPSA) is 108 Å². The summed E-state index contributed by atoms with van der Waals surface area (Å²) in [6.45, 7) is 4.77. The van der Waals surface area contributed by atoms with Crippen molar-refractivity contribution in [1.82, 2.24) is 0 Å². The third-order valence-corrected chi connectivity index (χ3v) is 15.5. The molecule has 500 valence electrons. The first-order chi connectivity index (χ1) is 42.6. The first-order valence-corrected chi connectivity index (χ1v) is 36.1. The van der Waals surface area contributed by atoms with Crippen molar-refractivity contribution >= 4 is 17.9 Å². The number of aliphatic carboxylic acids is 1. The highest BCUT2D eigenvalue weighted by molar-refractivity contribution is 5.71. The second-order valence-corrected chi connectivity index (χ2v) is 25.2. The Morgan fingerprint density at radius 2 is 0.655 bits per heavy atom. The maximum absolute atomic E-state index is 13.0. The molecule has 87 heavy (non-hydrogen) atoms. The van der Waals surface area contributed by atoms with Gasteiger partial charge >= 0.3 is 17.9 Å². The summed E-state index contributed by atoms with van der Waals surface area (Å²) in [6, 6.07) is 0. The monoisotopic (exact) mass is 1220 g/mol. The zero-order valence-corrected chi connectivity index (χ0v) is 57.2. The molecule has 0 aromatic carbocycles. The van der Waals surface area contributed by atoms with E-state index in [0.717, 1.165) is 96.3 Å². The third kappa shape index (κ3) is 69.3. The van der Waals surface area contributed by atoms with E-state index in [4.69, 9.17) is 18.9 Å². The number of likely N-dealkylation sites (N-methyl/N-ethyl adjacent to an activating group) is 1. The Balaban J connectivity index is 4.13. The largest absolute Gasteiger partial charge is 0.477 e. The van der Waals surface area contributed by atoms with E-state index in [0.29, 0.717) is 23.9 Å². The van der Waals surface area contributed by atoms with Gasteiger partial charge in [0.2, 0.25) is 0 Å². The van der Waals surface area contributed by atoms with E-state index < -0.39 is 24.3 Å². The van der Waals surface area contributed by atoms with Crippen LogP contribution in [0.25, 0.3) is 0 Å². The molecule has 0 heterocycles. The number of quaternary nitrogens is 1. The molecule has 0 rings (SSSR count). The molecule has 9 heteroatoms. The predicted octanol–water partition coefficient (Wildman–Crippen LogP) is 22.6. The quantitative estimate of drug-likeness (QED) is 0.0211. The fourth-order valence-electron chi connectivity index (χ4n) is 10.0. The molecule has 1 N–H and O–H groups in total. The van der Waals surface area contributed by atoms with Gasteiger partial charge in [-0.05, 0) is 103 Å². The van der Waals surface area contributed by atoms with Crippen molar-refractivity contribution in [3.05, 3.63) is 109 Å². The normalized spacial score (nSPS) is 13.3. The van der Waals surface area contributed by atoms with Gasteiger partial charge in [-0.15, -0.1) is 0 Å². The van der Waals surface area contributed by atoms with Gasteiger partial charge in [0.15, 0.2) is 6.10 Å². The maximum atomic E-state index is 13.0. The van der Waals surface area contributed by atoms with E-state index in [2.05, 4.69) is 123 Å². The lowest BCUT2D eigenvalue weighted by molar-refractivity contribution is -0.870. The summed E-state index contributed by atoms with van der Waals surface area (Å²) in [5, 5.41) is 9.75. The van der Waals surface area contributed by atoms with Crippen molar-refractivity contribution in [2.24, 2.45) is 0 Å². The number of nitrogens with zero attached hydrogens (tertiary/aromatic N) is 1. The fraction of sp³-hybridized carbons (Fsp3) is 0.731. The molecular weight excluding hydrogens is 1080 g/mol. The minimum absolute atomic E-state index is 0.183. The first kappa shape index (κ1) is 83.0. The predicted molar refractivity (Wildman–Crippen MR) is 373 cm³/mol. The summed E-state index contributed by atoms with van der Waals surface area (Å²) in [4.78, 5) is 37.7. The molecule has 0 saturated carbocycles. The molecule has 2 unspecified atom stereocenters. The molecule has 0 saturated heterocycles. The molecule has 0 aliphatic carbocycles. The Morgan fingerprint density at radius 1 is 0.356 bits per heavy atom. The first-order valence-electron chi connectivity index (χ1n) is 36.1. The molecule has 0 aliphatic rings. The average molecular weight is 1220 g/mol. The van der Waals surface area contributed by atoms with Gasteiger partial charge in [0.1, 0.15) is 13.2 Å². The fourth-order valence-corrected chi connectivity index (χ4v) is 10.0. The van der Waals surface area contributed by atoms with Crippen molar-refractivity contribution in [2.75, 3.05) is 47.5 Å². The maximum Gasteiger partial charge on any atom is 0.361 e. The minimum Gasteiger partial charge on any atom is -0.477 e. The Morgan fingerprint density at radius 3 is 0.977 bits per heavy atom. The van der Waals surface area contributed by atoms with Gasteiger partial charge in [0.25, 0.3) is 6.29 Å². The van der Waals surface area contributed by atoms with Gasteiger partial charge in [-0.2, -0.15) is 0 Å². The lowest BCUT2D eigenvalue weighted by atomic mass is 10.0. The summed E-state index contributed by atoms with van der Waals surface area (Å²) < 4.78 is 23.0. The zero-order valence-electron chi connectivity index (χ0n) is 57.2. The molecule has 0 aliphatic heterocycles. The Hall–Kier alpha value is -4.05. The smallest absolute Gasteiger partial charge is 0.361 e. The van der Waals surface area contributed by atoms with Crippen LogP contribution in [-0.2, 0) is 33.3 Å². The Bertz CT molecular complexity index is 1800. The number of carboxylic acid groups (broad SMARTS) is 1. The minimum atomic E-state index is -1.52. The van der Waals surface area contributed by atoms with Crippen LogP contribution in [0.3, 0.4) is 0 Å². The van der Waals surface area contributed by atoms with Crippen LogP contribution in [-0.4, -0.2) is 87.4 Å². The lowest BCUT2D eigenvalue weighted by Crippen LogP contribution is -2.40. The summed E-state index contributed by atoms with van der Waals surface area (Å²) in [6.07, 6.45) is 92.0. The van der Waals surface area contributed by atoms with Crippen molar-refractivity contribution in [3.8, 4) is 0 Å². The lowest BCUT2D eigenvalue weighted by Gasteiger charge is -2.25. The van der Waals surface area contributed by atoms with Crippen LogP contribution >= 0.6 is 0 Å². The summed E-state index contributed by atoms with van der Waals surface area (Å²) in [5.74, 6) is -2.01. The van der Waals surface area contributed by atoms with Crippen LogP contribution in [0.2, 0.25) is 0 Å². The van der Waals surface area contributed by atoms with Crippen LogP contribution in [0, 0.1) is 0 Å². The summed E-state index contributed by atoms with van der Waals surface area (Å²) in [5.41, 5.74) is 0. The average Bonchev–Trinajstić information content (AvgIpc) is 3.56. The summed E-state index contributed by atoms with van der Waals surface area (Å²) >= 11 is 0. The number of carbonyl (C=O) groups excluding carboxylic acids is 2. The molecule has 0 aromatic rings. The number of hydrogen-bond donors (Lipinski definition) is 1. The van der Waals surface area contributed by atoms with E-state index in [1.807, 2.05) is 21.1 Å². The van der Waals surface area contributed by atoms with Gasteiger partial charge in [-0.3, -0.25) is 9.59 Å². The van der Waals surface area contributed by atoms with Gasteiger partial charge < -0.3 is 28.5 Å². The molecule has 0 radical (unpaired) electrons. The third-order valence-electron chi connectivity index (χ3n) is 15.5. The number of allylic oxidation sites excluding steroid dienone is 18. The molecule has 0 bridgehead atoms. The van der Waals surface area contributed by atoms with Crippen molar-refractivity contribution in [2.45, 2.75) is 322 Å². The van der Waals surface area contributed by atoms with Crippen molar-refractivity contribution < 1.29 is 42.9 Å². The van der Waals surface area contributed by atoms with Gasteiger partial charge in [-0.25, -0.2) is 4.79 Å². The van der Waals surface area contributed by atoms with Crippen LogP contribution in [0.5, 0.6) is 0 Å². The number of rotatable bonds is 66. The van der Waals surface area contributed by atoms with Crippen molar-refractivity contribution in [3.63, 3.8) is 0 Å². The molecule has 0 spiro atoms. The molecule has 0 aromatic heterocycles. The Kier molecular flexibility index (Phi) is 64.7. The van der Waals surface area contributed by atoms with E-state index in [-0.39, 0.29) is 32.2 Å². The van der Waals surface area contributed by atoms with E-state index in [9.17, 15) is 19.5 Å². The number of ether oxygens (including phenoxy) is 4. The SMILES string of the molecule is CC/C=C\C/C=C\C/C=C\C/C=C\C/C=C\C/C=C\C/C=C\CCCCCCCCCCCC(=O)OC(COC(=O)CCCCCCCCCCCCCCCCCCCCC/C=C\C/C=C\CCCCCCC)COC(OCC[N+](C)(C)C)C(=O)O. The van der Waals surface area contributed by atoms with Crippen LogP contribution in [0.1, 0.15) is 309 Å². The van der Waals surface area contributed by atoms with Crippen LogP contribution in [0.15, 0.2) is 109 Å².